The van der Waals surface area contributed by atoms with Crippen LogP contribution in [0.4, 0.5) is 10.1 Å². The smallest absolute Gasteiger partial charge is 0.234 e. The predicted octanol–water partition coefficient (Wildman–Crippen LogP) is 2.45. The second kappa shape index (κ2) is 3.74. The van der Waals surface area contributed by atoms with Gasteiger partial charge in [-0.05, 0) is 31.0 Å². The van der Waals surface area contributed by atoms with Gasteiger partial charge in [-0.15, -0.1) is 10.2 Å². The van der Waals surface area contributed by atoms with E-state index in [4.69, 9.17) is 5.73 Å². The summed E-state index contributed by atoms with van der Waals surface area (Å²) in [5.74, 6) is 0.965. The first-order chi connectivity index (χ1) is 9.22. The molecule has 2 N–H and O–H groups in total. The van der Waals surface area contributed by atoms with Gasteiger partial charge in [0, 0.05) is 11.5 Å². The Bertz CT molecular complexity index is 774. The zero-order valence-corrected chi connectivity index (χ0v) is 10.7. The van der Waals surface area contributed by atoms with Gasteiger partial charge >= 0.3 is 0 Å². The van der Waals surface area contributed by atoms with Crippen LogP contribution in [0.15, 0.2) is 18.2 Å². The maximum Gasteiger partial charge on any atom is 0.234 e. The molecule has 5 nitrogen and oxygen atoms in total. The number of aromatic nitrogens is 4. The van der Waals surface area contributed by atoms with Gasteiger partial charge in [-0.3, -0.25) is 0 Å². The molecule has 2 heterocycles. The number of hydrogen-bond donors (Lipinski definition) is 1. The maximum atomic E-state index is 13.5. The van der Waals surface area contributed by atoms with Crippen molar-refractivity contribution in [2.24, 2.45) is 0 Å². The SMILES string of the molecule is Nc1ccc(-c2nn3c(C4CC4)nnc3s2)cc1F. The van der Waals surface area contributed by atoms with Crippen LogP contribution in [0, 0.1) is 5.82 Å². The van der Waals surface area contributed by atoms with Gasteiger partial charge in [-0.1, -0.05) is 11.3 Å². The van der Waals surface area contributed by atoms with Gasteiger partial charge in [0.15, 0.2) is 5.82 Å². The molecule has 0 amide bonds. The molecule has 1 aromatic carbocycles. The Morgan fingerprint density at radius 3 is 2.89 bits per heavy atom. The van der Waals surface area contributed by atoms with E-state index < -0.39 is 5.82 Å². The quantitative estimate of drug-likeness (QED) is 0.729. The molecule has 0 bridgehead atoms. The third-order valence-electron chi connectivity index (χ3n) is 3.20. The molecule has 1 aliphatic rings. The molecule has 1 fully saturated rings. The van der Waals surface area contributed by atoms with Crippen molar-refractivity contribution in [3.63, 3.8) is 0 Å². The summed E-state index contributed by atoms with van der Waals surface area (Å²) >= 11 is 1.40. The summed E-state index contributed by atoms with van der Waals surface area (Å²) in [4.78, 5) is 0.745. The van der Waals surface area contributed by atoms with Crippen LogP contribution >= 0.6 is 11.3 Å². The predicted molar refractivity (Wildman–Crippen MR) is 70.4 cm³/mol. The lowest BCUT2D eigenvalue weighted by molar-refractivity contribution is 0.633. The Labute approximate surface area is 111 Å². The number of benzene rings is 1. The van der Waals surface area contributed by atoms with Crippen LogP contribution in [-0.4, -0.2) is 19.8 Å². The summed E-state index contributed by atoms with van der Waals surface area (Å²) in [6, 6.07) is 4.72. The molecule has 0 spiro atoms. The highest BCUT2D eigenvalue weighted by Gasteiger charge is 2.30. The first-order valence-corrected chi connectivity index (χ1v) is 6.81. The number of halogens is 1. The van der Waals surface area contributed by atoms with Crippen LogP contribution in [0.3, 0.4) is 0 Å². The Balaban J connectivity index is 1.84. The number of nitrogen functional groups attached to an aromatic ring is 1. The minimum absolute atomic E-state index is 0.144. The van der Waals surface area contributed by atoms with Crippen molar-refractivity contribution in [1.29, 1.82) is 0 Å². The number of anilines is 1. The van der Waals surface area contributed by atoms with Crippen molar-refractivity contribution >= 4 is 22.0 Å². The second-order valence-electron chi connectivity index (χ2n) is 4.67. The zero-order valence-electron chi connectivity index (χ0n) is 9.88. The Morgan fingerprint density at radius 1 is 1.32 bits per heavy atom. The molecule has 3 aromatic rings. The minimum Gasteiger partial charge on any atom is -0.396 e. The average molecular weight is 275 g/mol. The topological polar surface area (TPSA) is 69.1 Å². The summed E-state index contributed by atoms with van der Waals surface area (Å²) in [5, 5.41) is 13.5. The van der Waals surface area contributed by atoms with Crippen LogP contribution < -0.4 is 5.73 Å². The van der Waals surface area contributed by atoms with Crippen molar-refractivity contribution in [2.45, 2.75) is 18.8 Å². The molecule has 96 valence electrons. The van der Waals surface area contributed by atoms with E-state index in [-0.39, 0.29) is 5.69 Å². The van der Waals surface area contributed by atoms with Crippen molar-refractivity contribution in [2.75, 3.05) is 5.73 Å². The molecule has 1 saturated carbocycles. The summed E-state index contributed by atoms with van der Waals surface area (Å²) in [7, 11) is 0. The first kappa shape index (κ1) is 10.9. The normalized spacial score (nSPS) is 15.2. The van der Waals surface area contributed by atoms with E-state index in [9.17, 15) is 4.39 Å². The van der Waals surface area contributed by atoms with Gasteiger partial charge in [0.05, 0.1) is 5.69 Å². The molecule has 7 heteroatoms. The van der Waals surface area contributed by atoms with Gasteiger partial charge in [-0.2, -0.15) is 9.61 Å². The number of fused-ring (bicyclic) bond motifs is 1. The van der Waals surface area contributed by atoms with E-state index in [1.54, 1.807) is 16.6 Å². The molecule has 4 rings (SSSR count). The van der Waals surface area contributed by atoms with Crippen LogP contribution in [0.1, 0.15) is 24.6 Å². The van der Waals surface area contributed by atoms with E-state index in [0.29, 0.717) is 11.5 Å². The van der Waals surface area contributed by atoms with E-state index in [1.807, 2.05) is 0 Å². The minimum atomic E-state index is -0.425. The molecule has 0 saturated heterocycles. The maximum absolute atomic E-state index is 13.5. The lowest BCUT2D eigenvalue weighted by Crippen LogP contribution is -1.94. The Morgan fingerprint density at radius 2 is 2.16 bits per heavy atom. The molecule has 0 unspecified atom stereocenters. The van der Waals surface area contributed by atoms with Gasteiger partial charge in [0.2, 0.25) is 4.96 Å². The van der Waals surface area contributed by atoms with Gasteiger partial charge in [0.1, 0.15) is 10.8 Å². The van der Waals surface area contributed by atoms with Gasteiger partial charge < -0.3 is 5.73 Å². The molecule has 19 heavy (non-hydrogen) atoms. The second-order valence-corrected chi connectivity index (χ2v) is 5.63. The highest BCUT2D eigenvalue weighted by atomic mass is 32.1. The Kier molecular flexibility index (Phi) is 2.14. The highest BCUT2D eigenvalue weighted by Crippen LogP contribution is 2.39. The highest BCUT2D eigenvalue weighted by molar-refractivity contribution is 7.19. The van der Waals surface area contributed by atoms with E-state index in [0.717, 1.165) is 28.6 Å². The molecular formula is C12H10FN5S. The lowest BCUT2D eigenvalue weighted by atomic mass is 10.2. The zero-order chi connectivity index (χ0) is 13.0. The Hall–Kier alpha value is -2.02. The number of nitrogens with zero attached hydrogens (tertiary/aromatic N) is 4. The number of rotatable bonds is 2. The standard InChI is InChI=1S/C12H10FN5S/c13-8-5-7(3-4-9(8)14)11-17-18-10(6-1-2-6)15-16-12(18)19-11/h3-6H,1-2,14H2. The number of nitrogens with two attached hydrogens (primary N) is 1. The lowest BCUT2D eigenvalue weighted by Gasteiger charge is -1.98. The third-order valence-corrected chi connectivity index (χ3v) is 4.15. The summed E-state index contributed by atoms with van der Waals surface area (Å²) < 4.78 is 15.3. The van der Waals surface area contributed by atoms with E-state index >= 15 is 0 Å². The summed E-state index contributed by atoms with van der Waals surface area (Å²) in [5.41, 5.74) is 6.33. The average Bonchev–Trinajstić information content (AvgIpc) is 3.01. The van der Waals surface area contributed by atoms with Crippen molar-refractivity contribution in [1.82, 2.24) is 19.8 Å². The van der Waals surface area contributed by atoms with Crippen LogP contribution in [-0.2, 0) is 0 Å². The third kappa shape index (κ3) is 1.69. The molecule has 2 aromatic heterocycles. The summed E-state index contributed by atoms with van der Waals surface area (Å²) in [6.45, 7) is 0. The van der Waals surface area contributed by atoms with E-state index in [2.05, 4.69) is 15.3 Å². The number of hydrogen-bond acceptors (Lipinski definition) is 5. The fraction of sp³-hybridized carbons (Fsp3) is 0.250. The fourth-order valence-electron chi connectivity index (χ4n) is 2.01. The van der Waals surface area contributed by atoms with E-state index in [1.165, 1.54) is 17.4 Å². The molecule has 0 atom stereocenters. The summed E-state index contributed by atoms with van der Waals surface area (Å²) in [6.07, 6.45) is 2.29. The van der Waals surface area contributed by atoms with Crippen molar-refractivity contribution in [3.05, 3.63) is 29.8 Å². The largest absolute Gasteiger partial charge is 0.396 e. The molecular weight excluding hydrogens is 265 g/mol. The van der Waals surface area contributed by atoms with Crippen molar-refractivity contribution < 1.29 is 4.39 Å². The van der Waals surface area contributed by atoms with Crippen LogP contribution in [0.2, 0.25) is 0 Å². The van der Waals surface area contributed by atoms with Crippen LogP contribution in [0.5, 0.6) is 0 Å². The molecule has 0 aliphatic heterocycles. The van der Waals surface area contributed by atoms with Gasteiger partial charge in [0.25, 0.3) is 0 Å². The van der Waals surface area contributed by atoms with Gasteiger partial charge in [-0.25, -0.2) is 4.39 Å². The fourth-order valence-corrected chi connectivity index (χ4v) is 2.85. The van der Waals surface area contributed by atoms with Crippen molar-refractivity contribution in [3.8, 4) is 10.6 Å². The first-order valence-electron chi connectivity index (χ1n) is 6.00. The molecule has 0 radical (unpaired) electrons. The van der Waals surface area contributed by atoms with Crippen LogP contribution in [0.25, 0.3) is 15.5 Å². The monoisotopic (exact) mass is 275 g/mol. The molecule has 1 aliphatic carbocycles.